The maximum Gasteiger partial charge on any atom is 0.224 e. The molecule has 10 heteroatoms. The lowest BCUT2D eigenvalue weighted by Crippen LogP contribution is -2.52. The maximum atomic E-state index is 14.7. The average Bonchev–Trinajstić information content (AvgIpc) is 3.27. The largest absolute Gasteiger partial charge is 0.344 e. The van der Waals surface area contributed by atoms with Gasteiger partial charge in [-0.05, 0) is 48.6 Å². The molecule has 1 N–H and O–H groups in total. The van der Waals surface area contributed by atoms with E-state index in [0.717, 1.165) is 16.3 Å². The number of hydrogen-bond donors (Lipinski definition) is 1. The molecule has 1 aliphatic rings. The molecule has 4 aromatic rings. The van der Waals surface area contributed by atoms with Crippen LogP contribution in [0.2, 0.25) is 0 Å². The second-order valence-electron chi connectivity index (χ2n) is 21.9. The lowest BCUT2D eigenvalue weighted by molar-refractivity contribution is -0.140. The molecule has 10 nitrogen and oxygen atoms in total. The Morgan fingerprint density at radius 1 is 0.471 bits per heavy atom. The molecule has 1 aliphatic heterocycles. The van der Waals surface area contributed by atoms with Crippen molar-refractivity contribution < 1.29 is 43.2 Å². The van der Waals surface area contributed by atoms with Crippen molar-refractivity contribution in [1.82, 2.24) is 5.32 Å². The number of fused-ring (bicyclic) bond motifs is 1. The van der Waals surface area contributed by atoms with E-state index < -0.39 is 57.1 Å². The summed E-state index contributed by atoms with van der Waals surface area (Å²) >= 11 is 0. The van der Waals surface area contributed by atoms with Crippen LogP contribution in [0, 0.1) is 39.9 Å². The summed E-state index contributed by atoms with van der Waals surface area (Å²) in [6.45, 7) is 16.2. The fourth-order valence-corrected chi connectivity index (χ4v) is 8.94. The van der Waals surface area contributed by atoms with Gasteiger partial charge in [-0.2, -0.15) is 0 Å². The topological polar surface area (TPSA) is 166 Å². The molecule has 68 heavy (non-hydrogen) atoms. The molecule has 0 aromatic heterocycles. The van der Waals surface area contributed by atoms with E-state index in [4.69, 9.17) is 0 Å². The molecular weight excluding hydrogens is 855 g/mol. The summed E-state index contributed by atoms with van der Waals surface area (Å²) < 4.78 is 0. The molecule has 4 atom stereocenters. The highest BCUT2D eigenvalue weighted by atomic mass is 16.2. The Kier molecular flexibility index (Phi) is 16.7. The summed E-state index contributed by atoms with van der Waals surface area (Å²) in [6.07, 6.45) is -1.14. The number of Topliss-reactive ketones (excluding diaryl/α,β-unsaturated/α-hetero) is 7. The summed E-state index contributed by atoms with van der Waals surface area (Å²) in [5.41, 5.74) is -2.59. The number of rotatable bonds is 6. The van der Waals surface area contributed by atoms with Crippen LogP contribution in [0.1, 0.15) is 141 Å². The SMILES string of the molecule is CC1CC(=O)C(C)(C)NC(=O)C(C)CC(=O)C(C)(C)CC(=O)C(Cc2ccc3ccccc3c2)CC(=O)C(C)(C)CC(=O)C(Cc2ccc(C(=O)c3ccccc3)cc2)CC(=O)C(C)(C)CC1=O. The average molecular weight is 924 g/mol. The lowest BCUT2D eigenvalue weighted by Gasteiger charge is -2.31. The number of hydrogen-bond acceptors (Lipinski definition) is 9. The molecule has 1 heterocycles. The molecule has 1 amide bonds. The van der Waals surface area contributed by atoms with E-state index in [1.54, 1.807) is 118 Å². The second-order valence-corrected chi connectivity index (χ2v) is 21.9. The third-order valence-electron chi connectivity index (χ3n) is 14.0. The van der Waals surface area contributed by atoms with Gasteiger partial charge in [-0.3, -0.25) is 43.2 Å². The van der Waals surface area contributed by atoms with Gasteiger partial charge in [0.1, 0.15) is 34.7 Å². The van der Waals surface area contributed by atoms with E-state index in [1.165, 1.54) is 0 Å². The monoisotopic (exact) mass is 923 g/mol. The van der Waals surface area contributed by atoms with Crippen LogP contribution in [0.4, 0.5) is 0 Å². The summed E-state index contributed by atoms with van der Waals surface area (Å²) in [7, 11) is 0. The van der Waals surface area contributed by atoms with Crippen LogP contribution in [0.25, 0.3) is 10.8 Å². The normalized spacial score (nSPS) is 23.7. The van der Waals surface area contributed by atoms with Gasteiger partial charge in [-0.15, -0.1) is 0 Å². The third-order valence-corrected chi connectivity index (χ3v) is 14.0. The van der Waals surface area contributed by atoms with Crippen LogP contribution < -0.4 is 5.32 Å². The molecular formula is C58H69NO9. The van der Waals surface area contributed by atoms with Crippen molar-refractivity contribution >= 4 is 62.9 Å². The van der Waals surface area contributed by atoms with Crippen molar-refractivity contribution in [1.29, 1.82) is 0 Å². The van der Waals surface area contributed by atoms with Gasteiger partial charge >= 0.3 is 0 Å². The van der Waals surface area contributed by atoms with E-state index in [-0.39, 0.29) is 98.3 Å². The van der Waals surface area contributed by atoms with Crippen molar-refractivity contribution in [3.63, 3.8) is 0 Å². The van der Waals surface area contributed by atoms with Gasteiger partial charge in [0.25, 0.3) is 0 Å². The number of benzene rings is 4. The minimum atomic E-state index is -1.38. The lowest BCUT2D eigenvalue weighted by atomic mass is 9.71. The molecule has 5 rings (SSSR count). The summed E-state index contributed by atoms with van der Waals surface area (Å²) in [4.78, 5) is 126. The van der Waals surface area contributed by atoms with Gasteiger partial charge < -0.3 is 5.32 Å². The Labute approximate surface area is 401 Å². The number of ketones is 8. The predicted octanol–water partition coefficient (Wildman–Crippen LogP) is 10.1. The summed E-state index contributed by atoms with van der Waals surface area (Å²) in [5.74, 6) is -6.42. The molecule has 0 aliphatic carbocycles. The van der Waals surface area contributed by atoms with Gasteiger partial charge in [0.2, 0.25) is 5.91 Å². The highest BCUT2D eigenvalue weighted by Gasteiger charge is 2.42. The minimum Gasteiger partial charge on any atom is -0.344 e. The highest BCUT2D eigenvalue weighted by Crippen LogP contribution is 2.36. The maximum absolute atomic E-state index is 14.7. The van der Waals surface area contributed by atoms with Crippen molar-refractivity contribution in [2.45, 2.75) is 133 Å². The first-order valence-corrected chi connectivity index (χ1v) is 23.9. The summed E-state index contributed by atoms with van der Waals surface area (Å²) in [5, 5.41) is 4.74. The second kappa shape index (κ2) is 21.5. The smallest absolute Gasteiger partial charge is 0.224 e. The van der Waals surface area contributed by atoms with Gasteiger partial charge in [0.15, 0.2) is 11.6 Å². The van der Waals surface area contributed by atoms with Crippen LogP contribution in [-0.4, -0.2) is 57.7 Å². The Hall–Kier alpha value is -6.03. The highest BCUT2D eigenvalue weighted by molar-refractivity contribution is 6.09. The van der Waals surface area contributed by atoms with E-state index >= 15 is 0 Å². The number of nitrogens with one attached hydrogen (secondary N) is 1. The zero-order valence-electron chi connectivity index (χ0n) is 41.6. The van der Waals surface area contributed by atoms with Crippen molar-refractivity contribution in [3.05, 3.63) is 119 Å². The quantitative estimate of drug-likeness (QED) is 0.185. The minimum absolute atomic E-state index is 0.120. The number of amides is 1. The number of carbonyl (C=O) groups is 9. The van der Waals surface area contributed by atoms with Crippen LogP contribution in [0.15, 0.2) is 97.1 Å². The third kappa shape index (κ3) is 13.6. The number of carbonyl (C=O) groups excluding carboxylic acids is 9. The Morgan fingerprint density at radius 3 is 1.44 bits per heavy atom. The zero-order valence-corrected chi connectivity index (χ0v) is 41.6. The first-order chi connectivity index (χ1) is 31.7. The summed E-state index contributed by atoms with van der Waals surface area (Å²) in [6, 6.07) is 29.4. The van der Waals surface area contributed by atoms with Crippen LogP contribution in [0.3, 0.4) is 0 Å². The molecule has 0 saturated carbocycles. The van der Waals surface area contributed by atoms with E-state index in [2.05, 4.69) is 5.32 Å². The Bertz CT molecular complexity index is 2580. The zero-order chi connectivity index (χ0) is 50.4. The van der Waals surface area contributed by atoms with E-state index in [0.29, 0.717) is 16.7 Å². The fourth-order valence-electron chi connectivity index (χ4n) is 8.94. The molecule has 1 saturated heterocycles. The van der Waals surface area contributed by atoms with E-state index in [9.17, 15) is 43.2 Å². The molecule has 0 radical (unpaired) electrons. The molecule has 4 aromatic carbocycles. The standard InChI is InChI=1S/C58H69NO9/c1-36-26-52(66)58(9,10)59-54(68)37(2)27-49(63)56(5,6)34-48(62)45(30-39-22-23-40-16-14-15-19-43(40)29-39)32-51(65)57(7,8)35-47(61)44(31-50(64)55(3,4)33-46(36)60)28-38-20-24-42(25-21-38)53(67)41-17-12-11-13-18-41/h11-25,29,36-37,44-45H,26-28,30-35H2,1-10H3,(H,59,68). The molecule has 1 fully saturated rings. The first kappa shape index (κ1) is 52.9. The first-order valence-electron chi connectivity index (χ1n) is 23.9. The van der Waals surface area contributed by atoms with E-state index in [1.807, 2.05) is 48.5 Å². The van der Waals surface area contributed by atoms with Gasteiger partial charge in [-0.25, -0.2) is 0 Å². The van der Waals surface area contributed by atoms with Crippen LogP contribution in [0.5, 0.6) is 0 Å². The predicted molar refractivity (Wildman–Crippen MR) is 264 cm³/mol. The van der Waals surface area contributed by atoms with Crippen molar-refractivity contribution in [2.24, 2.45) is 39.9 Å². The van der Waals surface area contributed by atoms with Crippen LogP contribution in [-0.2, 0) is 51.2 Å². The Morgan fingerprint density at radius 2 is 0.897 bits per heavy atom. The van der Waals surface area contributed by atoms with Crippen LogP contribution >= 0.6 is 0 Å². The molecule has 360 valence electrons. The van der Waals surface area contributed by atoms with Gasteiger partial charge in [0.05, 0.1) is 5.54 Å². The van der Waals surface area contributed by atoms with Gasteiger partial charge in [0, 0.05) is 96.0 Å². The molecule has 4 unspecified atom stereocenters. The molecule has 0 spiro atoms. The Balaban J connectivity index is 1.51. The van der Waals surface area contributed by atoms with Gasteiger partial charge in [-0.1, -0.05) is 152 Å². The molecule has 0 bridgehead atoms. The fraction of sp³-hybridized carbons (Fsp3) is 0.466. The van der Waals surface area contributed by atoms with Crippen molar-refractivity contribution in [2.75, 3.05) is 0 Å². The van der Waals surface area contributed by atoms with Crippen molar-refractivity contribution in [3.8, 4) is 0 Å².